The SMILES string of the molecule is CCC(C(=O)NC(C)C)N(CCc1ccccc1)C(=O)CN(c1cc(Cl)c(Cl)cc1Cl)S(C)(=O)=O. The molecule has 0 radical (unpaired) electrons. The van der Waals surface area contributed by atoms with Gasteiger partial charge in [0.2, 0.25) is 21.8 Å². The highest BCUT2D eigenvalue weighted by Crippen LogP contribution is 2.35. The molecule has 192 valence electrons. The molecule has 0 heterocycles. The van der Waals surface area contributed by atoms with Crippen molar-refractivity contribution in [3.8, 4) is 0 Å². The monoisotopic (exact) mass is 561 g/mol. The third kappa shape index (κ3) is 8.27. The van der Waals surface area contributed by atoms with Crippen molar-refractivity contribution in [3.05, 3.63) is 63.1 Å². The van der Waals surface area contributed by atoms with Crippen LogP contribution in [0.4, 0.5) is 5.69 Å². The Morgan fingerprint density at radius 1 is 1.00 bits per heavy atom. The predicted octanol–water partition coefficient (Wildman–Crippen LogP) is 4.79. The largest absolute Gasteiger partial charge is 0.352 e. The Labute approximate surface area is 222 Å². The minimum Gasteiger partial charge on any atom is -0.352 e. The van der Waals surface area contributed by atoms with E-state index < -0.39 is 28.5 Å². The summed E-state index contributed by atoms with van der Waals surface area (Å²) < 4.78 is 26.2. The Morgan fingerprint density at radius 2 is 1.60 bits per heavy atom. The van der Waals surface area contributed by atoms with E-state index in [4.69, 9.17) is 34.8 Å². The first kappa shape index (κ1) is 29.2. The number of benzene rings is 2. The van der Waals surface area contributed by atoms with Gasteiger partial charge in [0.15, 0.2) is 0 Å². The van der Waals surface area contributed by atoms with Crippen LogP contribution in [0.25, 0.3) is 0 Å². The molecule has 0 bridgehead atoms. The third-order valence-electron chi connectivity index (χ3n) is 5.24. The topological polar surface area (TPSA) is 86.8 Å². The summed E-state index contributed by atoms with van der Waals surface area (Å²) in [5.74, 6) is -0.846. The van der Waals surface area contributed by atoms with Crippen LogP contribution >= 0.6 is 34.8 Å². The second-order valence-electron chi connectivity index (χ2n) is 8.40. The molecule has 11 heteroatoms. The molecule has 0 saturated heterocycles. The van der Waals surface area contributed by atoms with Crippen LogP contribution in [0.5, 0.6) is 0 Å². The zero-order chi connectivity index (χ0) is 26.3. The number of halogens is 3. The van der Waals surface area contributed by atoms with E-state index in [2.05, 4.69) is 5.32 Å². The summed E-state index contributed by atoms with van der Waals surface area (Å²) in [6.45, 7) is 5.13. The number of carbonyl (C=O) groups excluding carboxylic acids is 2. The fraction of sp³-hybridized carbons (Fsp3) is 0.417. The number of rotatable bonds is 11. The summed E-state index contributed by atoms with van der Waals surface area (Å²) in [6, 6.07) is 11.3. The number of carbonyl (C=O) groups is 2. The summed E-state index contributed by atoms with van der Waals surface area (Å²) in [5.41, 5.74) is 1.01. The van der Waals surface area contributed by atoms with Crippen molar-refractivity contribution in [1.29, 1.82) is 0 Å². The average molecular weight is 563 g/mol. The maximum atomic E-state index is 13.6. The smallest absolute Gasteiger partial charge is 0.244 e. The summed E-state index contributed by atoms with van der Waals surface area (Å²) in [7, 11) is -3.94. The molecule has 0 spiro atoms. The van der Waals surface area contributed by atoms with Crippen molar-refractivity contribution >= 4 is 62.3 Å². The Hall–Kier alpha value is -2.00. The van der Waals surface area contributed by atoms with E-state index in [1.807, 2.05) is 44.2 Å². The van der Waals surface area contributed by atoms with Gasteiger partial charge in [0.25, 0.3) is 0 Å². The fourth-order valence-electron chi connectivity index (χ4n) is 3.57. The van der Waals surface area contributed by atoms with Crippen molar-refractivity contribution in [2.45, 2.75) is 45.7 Å². The highest BCUT2D eigenvalue weighted by molar-refractivity contribution is 7.92. The van der Waals surface area contributed by atoms with Gasteiger partial charge in [-0.05, 0) is 44.4 Å². The van der Waals surface area contributed by atoms with Crippen molar-refractivity contribution in [1.82, 2.24) is 10.2 Å². The Balaban J connectivity index is 2.43. The van der Waals surface area contributed by atoms with E-state index in [1.54, 1.807) is 6.92 Å². The molecule has 1 N–H and O–H groups in total. The predicted molar refractivity (Wildman–Crippen MR) is 143 cm³/mol. The summed E-state index contributed by atoms with van der Waals surface area (Å²) in [5, 5.41) is 3.12. The molecule has 0 fully saturated rings. The van der Waals surface area contributed by atoms with Gasteiger partial charge in [0.1, 0.15) is 12.6 Å². The number of nitrogens with one attached hydrogen (secondary N) is 1. The van der Waals surface area contributed by atoms with Gasteiger partial charge in [0.05, 0.1) is 27.0 Å². The molecule has 2 rings (SSSR count). The maximum Gasteiger partial charge on any atom is 0.244 e. The standard InChI is InChI=1S/C24H30Cl3N3O4S/c1-5-21(24(32)28-16(2)3)29(12-11-17-9-7-6-8-10-17)23(31)15-30(35(4,33)34)22-14-19(26)18(25)13-20(22)27/h6-10,13-14,16,21H,5,11-12,15H2,1-4H3,(H,28,32). The maximum absolute atomic E-state index is 13.6. The van der Waals surface area contributed by atoms with Gasteiger partial charge < -0.3 is 10.2 Å². The number of anilines is 1. The van der Waals surface area contributed by atoms with E-state index in [1.165, 1.54) is 17.0 Å². The lowest BCUT2D eigenvalue weighted by molar-refractivity contribution is -0.139. The van der Waals surface area contributed by atoms with E-state index in [-0.39, 0.29) is 39.2 Å². The van der Waals surface area contributed by atoms with Crippen LogP contribution in [-0.4, -0.2) is 56.6 Å². The van der Waals surface area contributed by atoms with Gasteiger partial charge >= 0.3 is 0 Å². The van der Waals surface area contributed by atoms with Crippen LogP contribution < -0.4 is 9.62 Å². The van der Waals surface area contributed by atoms with Gasteiger partial charge in [-0.1, -0.05) is 72.1 Å². The minimum absolute atomic E-state index is 0.0260. The molecule has 0 aliphatic rings. The first-order chi connectivity index (χ1) is 16.3. The van der Waals surface area contributed by atoms with Crippen LogP contribution in [0.15, 0.2) is 42.5 Å². The van der Waals surface area contributed by atoms with Crippen LogP contribution in [0, 0.1) is 0 Å². The molecule has 0 aliphatic heterocycles. The molecule has 2 amide bonds. The van der Waals surface area contributed by atoms with Crippen LogP contribution in [-0.2, 0) is 26.0 Å². The van der Waals surface area contributed by atoms with E-state index in [0.717, 1.165) is 16.1 Å². The fourth-order valence-corrected chi connectivity index (χ4v) is 5.12. The van der Waals surface area contributed by atoms with E-state index >= 15 is 0 Å². The van der Waals surface area contributed by atoms with Gasteiger partial charge in [-0.25, -0.2) is 8.42 Å². The zero-order valence-corrected chi connectivity index (χ0v) is 23.2. The first-order valence-electron chi connectivity index (χ1n) is 11.1. The molecular formula is C24H30Cl3N3O4S. The normalized spacial score (nSPS) is 12.3. The summed E-state index contributed by atoms with van der Waals surface area (Å²) in [4.78, 5) is 28.0. The van der Waals surface area contributed by atoms with Gasteiger partial charge in [-0.3, -0.25) is 13.9 Å². The number of amides is 2. The lowest BCUT2D eigenvalue weighted by Gasteiger charge is -2.33. The average Bonchev–Trinajstić information content (AvgIpc) is 2.76. The Kier molecular flexibility index (Phi) is 10.7. The summed E-state index contributed by atoms with van der Waals surface area (Å²) in [6.07, 6.45) is 1.81. The second-order valence-corrected chi connectivity index (χ2v) is 11.5. The number of hydrogen-bond donors (Lipinski definition) is 1. The van der Waals surface area contributed by atoms with Crippen molar-refractivity contribution in [2.75, 3.05) is 23.7 Å². The second kappa shape index (κ2) is 12.8. The van der Waals surface area contributed by atoms with Gasteiger partial charge in [-0.15, -0.1) is 0 Å². The van der Waals surface area contributed by atoms with Crippen LogP contribution in [0.3, 0.4) is 0 Å². The molecule has 1 unspecified atom stereocenters. The highest BCUT2D eigenvalue weighted by atomic mass is 35.5. The molecular weight excluding hydrogens is 533 g/mol. The van der Waals surface area contributed by atoms with Gasteiger partial charge in [-0.2, -0.15) is 0 Å². The Bertz CT molecular complexity index is 1140. The Morgan fingerprint density at radius 3 is 2.14 bits per heavy atom. The van der Waals surface area contributed by atoms with E-state index in [0.29, 0.717) is 12.8 Å². The van der Waals surface area contributed by atoms with E-state index in [9.17, 15) is 18.0 Å². The lowest BCUT2D eigenvalue weighted by atomic mass is 10.1. The van der Waals surface area contributed by atoms with Crippen LogP contribution in [0.2, 0.25) is 15.1 Å². The number of sulfonamides is 1. The highest BCUT2D eigenvalue weighted by Gasteiger charge is 2.32. The van der Waals surface area contributed by atoms with Crippen molar-refractivity contribution < 1.29 is 18.0 Å². The molecule has 2 aromatic carbocycles. The van der Waals surface area contributed by atoms with Crippen molar-refractivity contribution in [2.24, 2.45) is 0 Å². The lowest BCUT2D eigenvalue weighted by Crippen LogP contribution is -2.54. The first-order valence-corrected chi connectivity index (χ1v) is 14.1. The molecule has 2 aromatic rings. The molecule has 35 heavy (non-hydrogen) atoms. The van der Waals surface area contributed by atoms with Crippen LogP contribution in [0.1, 0.15) is 32.8 Å². The zero-order valence-electron chi connectivity index (χ0n) is 20.1. The third-order valence-corrected chi connectivity index (χ3v) is 7.39. The molecule has 0 saturated carbocycles. The number of hydrogen-bond acceptors (Lipinski definition) is 4. The molecule has 0 aliphatic carbocycles. The minimum atomic E-state index is -3.94. The molecule has 0 aromatic heterocycles. The van der Waals surface area contributed by atoms with Gasteiger partial charge in [0, 0.05) is 12.6 Å². The summed E-state index contributed by atoms with van der Waals surface area (Å²) >= 11 is 18.4. The molecule has 7 nitrogen and oxygen atoms in total. The quantitative estimate of drug-likeness (QED) is 0.399. The molecule has 1 atom stereocenters. The van der Waals surface area contributed by atoms with Crippen molar-refractivity contribution in [3.63, 3.8) is 0 Å². The number of nitrogens with zero attached hydrogens (tertiary/aromatic N) is 2.